The van der Waals surface area contributed by atoms with Gasteiger partial charge in [0.25, 0.3) is 5.91 Å². The maximum atomic E-state index is 13.3. The normalized spacial score (nSPS) is 20.6. The van der Waals surface area contributed by atoms with Gasteiger partial charge in [0, 0.05) is 19.7 Å². The van der Waals surface area contributed by atoms with Crippen molar-refractivity contribution < 1.29 is 23.5 Å². The molecule has 2 aliphatic heterocycles. The molecule has 0 aromatic heterocycles. The highest BCUT2D eigenvalue weighted by molar-refractivity contribution is 6.03. The van der Waals surface area contributed by atoms with Gasteiger partial charge in [0.05, 0.1) is 11.8 Å². The zero-order chi connectivity index (χ0) is 21.1. The van der Waals surface area contributed by atoms with Gasteiger partial charge in [0.15, 0.2) is 6.10 Å². The summed E-state index contributed by atoms with van der Waals surface area (Å²) in [5.74, 6) is -0.171. The first-order valence-electron chi connectivity index (χ1n) is 10.2. The summed E-state index contributed by atoms with van der Waals surface area (Å²) < 4.78 is 24.7. The van der Waals surface area contributed by atoms with Crippen molar-refractivity contribution in [2.45, 2.75) is 38.5 Å². The minimum atomic E-state index is -0.656. The Morgan fingerprint density at radius 1 is 1.20 bits per heavy atom. The maximum absolute atomic E-state index is 13.3. The van der Waals surface area contributed by atoms with Gasteiger partial charge in [-0.2, -0.15) is 0 Å². The van der Waals surface area contributed by atoms with Gasteiger partial charge >= 0.3 is 0 Å². The smallest absolute Gasteiger partial charge is 0.268 e. The standard InChI is InChI=1S/C23H25FN2O4/c1-16-23(28)26(20-6-2-3-7-21(20)30-16)15-22(27)25(14-19-5-4-12-29-19)13-17-8-10-18(24)11-9-17/h2-3,6-11,16,19H,4-5,12-15H2,1H3/t16-,19+/m0/s1. The molecule has 2 heterocycles. The van der Waals surface area contributed by atoms with E-state index >= 15 is 0 Å². The Morgan fingerprint density at radius 3 is 2.70 bits per heavy atom. The first kappa shape index (κ1) is 20.3. The number of benzene rings is 2. The van der Waals surface area contributed by atoms with E-state index < -0.39 is 6.10 Å². The highest BCUT2D eigenvalue weighted by Gasteiger charge is 2.34. The summed E-state index contributed by atoms with van der Waals surface area (Å²) in [6, 6.07) is 13.3. The molecule has 6 nitrogen and oxygen atoms in total. The molecule has 0 radical (unpaired) electrons. The summed E-state index contributed by atoms with van der Waals surface area (Å²) in [6.45, 7) is 3.05. The highest BCUT2D eigenvalue weighted by atomic mass is 19.1. The number of rotatable bonds is 6. The molecule has 7 heteroatoms. The Hall–Kier alpha value is -2.93. The molecule has 0 aliphatic carbocycles. The van der Waals surface area contributed by atoms with Gasteiger partial charge in [-0.15, -0.1) is 0 Å². The number of carbonyl (C=O) groups is 2. The van der Waals surface area contributed by atoms with Crippen LogP contribution in [0, 0.1) is 5.82 Å². The van der Waals surface area contributed by atoms with Gasteiger partial charge in [-0.3, -0.25) is 14.5 Å². The van der Waals surface area contributed by atoms with Crippen molar-refractivity contribution in [3.05, 3.63) is 59.9 Å². The monoisotopic (exact) mass is 412 g/mol. The van der Waals surface area contributed by atoms with E-state index in [0.717, 1.165) is 18.4 Å². The van der Waals surface area contributed by atoms with Gasteiger partial charge in [0.1, 0.15) is 18.1 Å². The van der Waals surface area contributed by atoms with E-state index in [2.05, 4.69) is 0 Å². The molecule has 0 unspecified atom stereocenters. The number of hydrogen-bond donors (Lipinski definition) is 0. The molecule has 2 aromatic rings. The molecule has 1 saturated heterocycles. The fourth-order valence-corrected chi connectivity index (χ4v) is 3.86. The van der Waals surface area contributed by atoms with Crippen LogP contribution in [-0.4, -0.2) is 48.6 Å². The molecule has 2 atom stereocenters. The Balaban J connectivity index is 1.54. The van der Waals surface area contributed by atoms with Crippen molar-refractivity contribution in [2.75, 3.05) is 24.6 Å². The van der Waals surface area contributed by atoms with E-state index in [0.29, 0.717) is 31.1 Å². The first-order chi connectivity index (χ1) is 14.5. The topological polar surface area (TPSA) is 59.1 Å². The SMILES string of the molecule is C[C@@H]1Oc2ccccc2N(CC(=O)N(Cc2ccc(F)cc2)C[C@H]2CCCO2)C1=O. The average Bonchev–Trinajstić information content (AvgIpc) is 3.25. The van der Waals surface area contributed by atoms with E-state index in [9.17, 15) is 14.0 Å². The van der Waals surface area contributed by atoms with Crippen LogP contribution in [0.5, 0.6) is 5.75 Å². The van der Waals surface area contributed by atoms with Crippen LogP contribution in [0.3, 0.4) is 0 Å². The van der Waals surface area contributed by atoms with Crippen molar-refractivity contribution >= 4 is 17.5 Å². The second-order valence-corrected chi connectivity index (χ2v) is 7.69. The average molecular weight is 412 g/mol. The maximum Gasteiger partial charge on any atom is 0.268 e. The molecule has 2 amide bonds. The third-order valence-electron chi connectivity index (χ3n) is 5.45. The van der Waals surface area contributed by atoms with Crippen molar-refractivity contribution in [3.63, 3.8) is 0 Å². The molecule has 4 rings (SSSR count). The molecule has 0 bridgehead atoms. The number of amides is 2. The number of nitrogens with zero attached hydrogens (tertiary/aromatic N) is 2. The Bertz CT molecular complexity index is 912. The number of anilines is 1. The molecule has 158 valence electrons. The molecule has 30 heavy (non-hydrogen) atoms. The van der Waals surface area contributed by atoms with Crippen molar-refractivity contribution in [1.82, 2.24) is 4.90 Å². The summed E-state index contributed by atoms with van der Waals surface area (Å²) in [6.07, 6.45) is 1.18. The third kappa shape index (κ3) is 4.46. The summed E-state index contributed by atoms with van der Waals surface area (Å²) in [5, 5.41) is 0. The Morgan fingerprint density at radius 2 is 1.97 bits per heavy atom. The minimum Gasteiger partial charge on any atom is -0.479 e. The van der Waals surface area contributed by atoms with E-state index in [1.54, 1.807) is 36.1 Å². The first-order valence-corrected chi connectivity index (χ1v) is 10.2. The second-order valence-electron chi connectivity index (χ2n) is 7.69. The van der Waals surface area contributed by atoms with E-state index in [1.165, 1.54) is 17.0 Å². The van der Waals surface area contributed by atoms with Crippen LogP contribution in [0.1, 0.15) is 25.3 Å². The highest BCUT2D eigenvalue weighted by Crippen LogP contribution is 2.33. The van der Waals surface area contributed by atoms with Crippen LogP contribution in [0.2, 0.25) is 0 Å². The molecular weight excluding hydrogens is 387 g/mol. The lowest BCUT2D eigenvalue weighted by molar-refractivity contribution is -0.134. The number of ether oxygens (including phenoxy) is 2. The molecule has 2 aliphatic rings. The number of para-hydroxylation sites is 2. The number of hydrogen-bond acceptors (Lipinski definition) is 4. The van der Waals surface area contributed by atoms with Crippen LogP contribution in [-0.2, 0) is 20.9 Å². The molecule has 1 fully saturated rings. The zero-order valence-corrected chi connectivity index (χ0v) is 16.9. The van der Waals surface area contributed by atoms with Crippen LogP contribution in [0.15, 0.2) is 48.5 Å². The second kappa shape index (κ2) is 8.83. The number of carbonyl (C=O) groups excluding carboxylic acids is 2. The predicted molar refractivity (Wildman–Crippen MR) is 110 cm³/mol. The van der Waals surface area contributed by atoms with Crippen LogP contribution in [0.4, 0.5) is 10.1 Å². The van der Waals surface area contributed by atoms with Crippen LogP contribution >= 0.6 is 0 Å². The molecule has 2 aromatic carbocycles. The fraction of sp³-hybridized carbons (Fsp3) is 0.391. The van der Waals surface area contributed by atoms with Crippen LogP contribution < -0.4 is 9.64 Å². The fourth-order valence-electron chi connectivity index (χ4n) is 3.86. The quantitative estimate of drug-likeness (QED) is 0.732. The third-order valence-corrected chi connectivity index (χ3v) is 5.45. The minimum absolute atomic E-state index is 0.0269. The van der Waals surface area contributed by atoms with E-state index in [4.69, 9.17) is 9.47 Å². The number of halogens is 1. The van der Waals surface area contributed by atoms with E-state index in [1.807, 2.05) is 12.1 Å². The molecular formula is C23H25FN2O4. The summed E-state index contributed by atoms with van der Waals surface area (Å²) >= 11 is 0. The Labute approximate surface area is 175 Å². The largest absolute Gasteiger partial charge is 0.479 e. The predicted octanol–water partition coefficient (Wildman–Crippen LogP) is 3.15. The zero-order valence-electron chi connectivity index (χ0n) is 16.9. The lowest BCUT2D eigenvalue weighted by Gasteiger charge is -2.34. The lowest BCUT2D eigenvalue weighted by atomic mass is 10.1. The van der Waals surface area contributed by atoms with Gasteiger partial charge in [-0.25, -0.2) is 4.39 Å². The molecule has 0 N–H and O–H groups in total. The Kier molecular flexibility index (Phi) is 5.99. The van der Waals surface area contributed by atoms with Gasteiger partial charge < -0.3 is 14.4 Å². The van der Waals surface area contributed by atoms with Crippen LogP contribution in [0.25, 0.3) is 0 Å². The number of fused-ring (bicyclic) bond motifs is 1. The van der Waals surface area contributed by atoms with Gasteiger partial charge in [-0.05, 0) is 49.6 Å². The van der Waals surface area contributed by atoms with Gasteiger partial charge in [0.2, 0.25) is 5.91 Å². The molecule has 0 saturated carbocycles. The summed E-state index contributed by atoms with van der Waals surface area (Å²) in [4.78, 5) is 29.2. The van der Waals surface area contributed by atoms with Gasteiger partial charge in [-0.1, -0.05) is 24.3 Å². The summed E-state index contributed by atoms with van der Waals surface area (Å²) in [5.41, 5.74) is 1.41. The molecule has 0 spiro atoms. The van der Waals surface area contributed by atoms with Crippen molar-refractivity contribution in [1.29, 1.82) is 0 Å². The lowest BCUT2D eigenvalue weighted by Crippen LogP contribution is -2.50. The summed E-state index contributed by atoms with van der Waals surface area (Å²) in [7, 11) is 0. The van der Waals surface area contributed by atoms with Crippen molar-refractivity contribution in [2.24, 2.45) is 0 Å². The van der Waals surface area contributed by atoms with E-state index in [-0.39, 0.29) is 30.3 Å². The van der Waals surface area contributed by atoms with Crippen molar-refractivity contribution in [3.8, 4) is 5.75 Å².